The van der Waals surface area contributed by atoms with Crippen molar-refractivity contribution in [2.24, 2.45) is 5.92 Å². The average molecular weight is 479 g/mol. The van der Waals surface area contributed by atoms with Gasteiger partial charge in [0.1, 0.15) is 18.8 Å². The summed E-state index contributed by atoms with van der Waals surface area (Å²) in [5, 5.41) is 11.7. The van der Waals surface area contributed by atoms with Crippen LogP contribution in [-0.4, -0.2) is 65.9 Å². The van der Waals surface area contributed by atoms with Gasteiger partial charge >= 0.3 is 12.1 Å². The van der Waals surface area contributed by atoms with E-state index in [1.165, 1.54) is 11.1 Å². The Balaban J connectivity index is 1.15. The smallest absolute Gasteiger partial charge is 0.407 e. The predicted octanol–water partition coefficient (Wildman–Crippen LogP) is 3.40. The Morgan fingerprint density at radius 1 is 1.06 bits per heavy atom. The van der Waals surface area contributed by atoms with Crippen LogP contribution in [0.25, 0.3) is 11.1 Å². The molecule has 3 aliphatic rings. The van der Waals surface area contributed by atoms with E-state index >= 15 is 0 Å². The van der Waals surface area contributed by atoms with Crippen LogP contribution in [-0.2, 0) is 19.1 Å². The third-order valence-corrected chi connectivity index (χ3v) is 7.18. The van der Waals surface area contributed by atoms with E-state index in [1.807, 2.05) is 24.3 Å². The van der Waals surface area contributed by atoms with Gasteiger partial charge in [0.25, 0.3) is 0 Å². The zero-order valence-corrected chi connectivity index (χ0v) is 19.7. The van der Waals surface area contributed by atoms with E-state index in [4.69, 9.17) is 14.6 Å². The molecule has 184 valence electrons. The summed E-state index contributed by atoms with van der Waals surface area (Å²) in [5.74, 6) is -0.844. The molecule has 0 spiro atoms. The minimum atomic E-state index is -1.03. The zero-order chi connectivity index (χ0) is 24.6. The van der Waals surface area contributed by atoms with Crippen LogP contribution in [0.15, 0.2) is 48.5 Å². The zero-order valence-electron chi connectivity index (χ0n) is 19.7. The van der Waals surface area contributed by atoms with Gasteiger partial charge in [0, 0.05) is 18.4 Å². The van der Waals surface area contributed by atoms with Crippen LogP contribution < -0.4 is 5.32 Å². The number of alkyl carbamates (subject to hydrolysis) is 1. The minimum absolute atomic E-state index is 0.0151. The number of aliphatic carboxylic acids is 1. The van der Waals surface area contributed by atoms with Gasteiger partial charge in [0.15, 0.2) is 0 Å². The van der Waals surface area contributed by atoms with Gasteiger partial charge < -0.3 is 24.8 Å². The second-order valence-electron chi connectivity index (χ2n) is 10.0. The van der Waals surface area contributed by atoms with Crippen molar-refractivity contribution in [2.75, 3.05) is 26.3 Å². The maximum Gasteiger partial charge on any atom is 0.407 e. The van der Waals surface area contributed by atoms with Gasteiger partial charge in [-0.2, -0.15) is 0 Å². The quantitative estimate of drug-likeness (QED) is 0.572. The van der Waals surface area contributed by atoms with E-state index in [9.17, 15) is 14.4 Å². The molecule has 1 saturated carbocycles. The molecular formula is C27H30N2O6. The van der Waals surface area contributed by atoms with Gasteiger partial charge in [0.05, 0.1) is 13.1 Å². The molecule has 0 radical (unpaired) electrons. The summed E-state index contributed by atoms with van der Waals surface area (Å²) >= 11 is 0. The number of ether oxygens (including phenoxy) is 2. The van der Waals surface area contributed by atoms with E-state index in [0.29, 0.717) is 13.1 Å². The number of likely N-dealkylation sites (tertiary alicyclic amines) is 1. The molecule has 2 N–H and O–H groups in total. The molecule has 8 nitrogen and oxygen atoms in total. The molecule has 2 aromatic rings. The molecule has 1 heterocycles. The molecule has 1 unspecified atom stereocenters. The monoisotopic (exact) mass is 478 g/mol. The van der Waals surface area contributed by atoms with Crippen molar-refractivity contribution in [2.45, 2.75) is 43.7 Å². The molecular weight excluding hydrogens is 448 g/mol. The van der Waals surface area contributed by atoms with Gasteiger partial charge in [-0.15, -0.1) is 0 Å². The SMILES string of the molecule is CC1(OCC(=O)O)CN(C(=O)CC(NC(=O)OCC2c3ccccc3-c3ccccc32)C2CC2)C1. The van der Waals surface area contributed by atoms with Gasteiger partial charge in [-0.1, -0.05) is 48.5 Å². The third-order valence-electron chi connectivity index (χ3n) is 7.18. The van der Waals surface area contributed by atoms with Gasteiger partial charge in [0.2, 0.25) is 5.91 Å². The van der Waals surface area contributed by atoms with E-state index in [2.05, 4.69) is 29.6 Å². The number of carboxylic acids is 1. The first-order valence-electron chi connectivity index (χ1n) is 12.1. The number of fused-ring (bicyclic) bond motifs is 3. The molecule has 0 aromatic heterocycles. The second kappa shape index (κ2) is 9.34. The number of nitrogens with zero attached hydrogens (tertiary/aromatic N) is 1. The van der Waals surface area contributed by atoms with Gasteiger partial charge in [-0.25, -0.2) is 9.59 Å². The minimum Gasteiger partial charge on any atom is -0.480 e. The molecule has 2 amide bonds. The lowest BCUT2D eigenvalue weighted by Crippen LogP contribution is -2.64. The number of carbonyl (C=O) groups is 3. The first-order valence-corrected chi connectivity index (χ1v) is 12.1. The summed E-state index contributed by atoms with van der Waals surface area (Å²) in [4.78, 5) is 37.9. The molecule has 1 atom stereocenters. The molecule has 5 rings (SSSR count). The second-order valence-corrected chi connectivity index (χ2v) is 10.0. The topological polar surface area (TPSA) is 105 Å². The molecule has 1 aliphatic heterocycles. The summed E-state index contributed by atoms with van der Waals surface area (Å²) in [7, 11) is 0. The summed E-state index contributed by atoms with van der Waals surface area (Å²) in [6, 6.07) is 16.1. The summed E-state index contributed by atoms with van der Waals surface area (Å²) in [5.41, 5.74) is 4.02. The van der Waals surface area contributed by atoms with Crippen molar-refractivity contribution < 1.29 is 29.0 Å². The van der Waals surface area contributed by atoms with Gasteiger partial charge in [-0.05, 0) is 47.9 Å². The van der Waals surface area contributed by atoms with Crippen LogP contribution in [0.5, 0.6) is 0 Å². The van der Waals surface area contributed by atoms with Crippen LogP contribution in [0, 0.1) is 5.92 Å². The normalized spacial score (nSPS) is 18.7. The number of amides is 2. The Morgan fingerprint density at radius 2 is 1.66 bits per heavy atom. The molecule has 8 heteroatoms. The highest BCUT2D eigenvalue weighted by molar-refractivity contribution is 5.80. The molecule has 2 aliphatic carbocycles. The number of hydrogen-bond acceptors (Lipinski definition) is 5. The summed E-state index contributed by atoms with van der Waals surface area (Å²) in [6.45, 7) is 2.35. The molecule has 2 fully saturated rings. The lowest BCUT2D eigenvalue weighted by Gasteiger charge is -2.47. The Labute approximate surface area is 204 Å². The Kier molecular flexibility index (Phi) is 6.23. The number of nitrogens with one attached hydrogen (secondary N) is 1. The summed E-state index contributed by atoms with van der Waals surface area (Å²) < 4.78 is 11.1. The van der Waals surface area contributed by atoms with E-state index in [1.54, 1.807) is 11.8 Å². The Morgan fingerprint density at radius 3 is 2.23 bits per heavy atom. The number of benzene rings is 2. The first kappa shape index (κ1) is 23.4. The predicted molar refractivity (Wildman–Crippen MR) is 128 cm³/mol. The standard InChI is InChI=1S/C27H30N2O6/c1-27(35-14-25(31)32)15-29(16-27)24(30)12-23(17-10-11-17)28-26(33)34-13-22-20-8-4-2-6-18(20)19-7-3-5-9-21(19)22/h2-9,17,22-23H,10-16H2,1H3,(H,28,33)(H,31,32). The number of carbonyl (C=O) groups excluding carboxylic acids is 2. The lowest BCUT2D eigenvalue weighted by molar-refractivity contribution is -0.173. The van der Waals surface area contributed by atoms with Crippen LogP contribution in [0.3, 0.4) is 0 Å². The highest BCUT2D eigenvalue weighted by Crippen LogP contribution is 2.44. The molecule has 2 aromatic carbocycles. The third kappa shape index (κ3) is 5.03. The molecule has 35 heavy (non-hydrogen) atoms. The highest BCUT2D eigenvalue weighted by atomic mass is 16.5. The Hall–Kier alpha value is -3.39. The maximum atomic E-state index is 12.8. The Bertz CT molecular complexity index is 1090. The van der Waals surface area contributed by atoms with Crippen molar-refractivity contribution in [1.82, 2.24) is 10.2 Å². The van der Waals surface area contributed by atoms with Crippen LogP contribution >= 0.6 is 0 Å². The van der Waals surface area contributed by atoms with Crippen molar-refractivity contribution in [3.05, 3.63) is 59.7 Å². The van der Waals surface area contributed by atoms with Crippen molar-refractivity contribution in [3.8, 4) is 11.1 Å². The van der Waals surface area contributed by atoms with Crippen LogP contribution in [0.1, 0.15) is 43.2 Å². The largest absolute Gasteiger partial charge is 0.480 e. The molecule has 0 bridgehead atoms. The average Bonchev–Trinajstić information content (AvgIpc) is 3.62. The van der Waals surface area contributed by atoms with Crippen LogP contribution in [0.2, 0.25) is 0 Å². The van der Waals surface area contributed by atoms with E-state index in [0.717, 1.165) is 24.0 Å². The van der Waals surface area contributed by atoms with E-state index < -0.39 is 17.7 Å². The fraction of sp³-hybridized carbons (Fsp3) is 0.444. The summed E-state index contributed by atoms with van der Waals surface area (Å²) in [6.07, 6.45) is 1.64. The fourth-order valence-electron chi connectivity index (χ4n) is 5.21. The van der Waals surface area contributed by atoms with Crippen molar-refractivity contribution >= 4 is 18.0 Å². The number of hydrogen-bond donors (Lipinski definition) is 2. The first-order chi connectivity index (χ1) is 16.8. The van der Waals surface area contributed by atoms with Crippen molar-refractivity contribution in [3.63, 3.8) is 0 Å². The number of rotatable bonds is 9. The highest BCUT2D eigenvalue weighted by Gasteiger charge is 2.44. The number of carboxylic acid groups (broad SMARTS) is 1. The van der Waals surface area contributed by atoms with E-state index in [-0.39, 0.29) is 43.4 Å². The fourth-order valence-corrected chi connectivity index (χ4v) is 5.21. The lowest BCUT2D eigenvalue weighted by atomic mass is 9.95. The van der Waals surface area contributed by atoms with Crippen molar-refractivity contribution in [1.29, 1.82) is 0 Å². The van der Waals surface area contributed by atoms with Gasteiger partial charge in [-0.3, -0.25) is 4.79 Å². The maximum absolute atomic E-state index is 12.8. The molecule has 1 saturated heterocycles. The van der Waals surface area contributed by atoms with Crippen LogP contribution in [0.4, 0.5) is 4.79 Å².